The van der Waals surface area contributed by atoms with Gasteiger partial charge < -0.3 is 9.64 Å². The first-order valence-electron chi connectivity index (χ1n) is 9.98. The first-order chi connectivity index (χ1) is 14.2. The Morgan fingerprint density at radius 1 is 0.967 bits per heavy atom. The van der Waals surface area contributed by atoms with Gasteiger partial charge in [-0.05, 0) is 55.8 Å². The molecule has 0 unspecified atom stereocenters. The zero-order valence-corrected chi connectivity index (χ0v) is 18.0. The van der Waals surface area contributed by atoms with Gasteiger partial charge in [0.25, 0.3) is 10.0 Å². The van der Waals surface area contributed by atoms with Crippen molar-refractivity contribution in [2.24, 2.45) is 0 Å². The van der Waals surface area contributed by atoms with E-state index in [1.54, 1.807) is 36.4 Å². The van der Waals surface area contributed by atoms with Gasteiger partial charge in [0.05, 0.1) is 10.3 Å². The van der Waals surface area contributed by atoms with E-state index in [1.165, 1.54) is 11.3 Å². The smallest absolute Gasteiger partial charge is 0.261 e. The van der Waals surface area contributed by atoms with E-state index in [0.29, 0.717) is 12.1 Å². The second-order valence-electron chi connectivity index (χ2n) is 8.51. The van der Waals surface area contributed by atoms with Gasteiger partial charge in [-0.2, -0.15) is 0 Å². The van der Waals surface area contributed by atoms with Crippen LogP contribution < -0.4 is 14.4 Å². The predicted octanol–water partition coefficient (Wildman–Crippen LogP) is 4.55. The highest BCUT2D eigenvalue weighted by atomic mass is 32.2. The number of fused-ring (bicyclic) bond motifs is 2. The van der Waals surface area contributed by atoms with Gasteiger partial charge in [0.15, 0.2) is 5.72 Å². The zero-order chi connectivity index (χ0) is 21.1. The standard InChI is InChI=1S/C24H24N2O3S/c1-23(2)20-11-7-8-12-21(20)26(3)24(23)16-17-15-18(13-14-22(17)29-24)25-30(27,28)19-9-5-4-6-10-19/h4-15,25H,16H2,1-3H3/t24-/m0/s1. The van der Waals surface area contributed by atoms with Crippen molar-refractivity contribution in [3.05, 3.63) is 83.9 Å². The molecule has 1 spiro atoms. The molecule has 30 heavy (non-hydrogen) atoms. The maximum absolute atomic E-state index is 12.7. The Labute approximate surface area is 177 Å². The summed E-state index contributed by atoms with van der Waals surface area (Å²) in [6.45, 7) is 4.42. The van der Waals surface area contributed by atoms with Crippen LogP contribution in [0.25, 0.3) is 0 Å². The number of ether oxygens (including phenoxy) is 1. The molecule has 3 aromatic carbocycles. The molecule has 5 rings (SSSR count). The highest BCUT2D eigenvalue weighted by Gasteiger charge is 2.60. The fraction of sp³-hybridized carbons (Fsp3) is 0.250. The normalized spacial score (nSPS) is 21.2. The molecule has 0 radical (unpaired) electrons. The lowest BCUT2D eigenvalue weighted by Gasteiger charge is -2.42. The van der Waals surface area contributed by atoms with E-state index in [1.807, 2.05) is 18.2 Å². The van der Waals surface area contributed by atoms with Gasteiger partial charge in [-0.15, -0.1) is 0 Å². The van der Waals surface area contributed by atoms with E-state index in [2.05, 4.69) is 48.7 Å². The molecule has 1 N–H and O–H groups in total. The lowest BCUT2D eigenvalue weighted by Crippen LogP contribution is -2.58. The number of hydrogen-bond donors (Lipinski definition) is 1. The summed E-state index contributed by atoms with van der Waals surface area (Å²) in [7, 11) is -1.57. The Kier molecular flexibility index (Phi) is 3.96. The molecule has 6 heteroatoms. The number of sulfonamides is 1. The molecule has 0 saturated heterocycles. The predicted molar refractivity (Wildman–Crippen MR) is 119 cm³/mol. The van der Waals surface area contributed by atoms with E-state index in [4.69, 9.17) is 4.74 Å². The van der Waals surface area contributed by atoms with Crippen LogP contribution in [0.5, 0.6) is 5.75 Å². The fourth-order valence-corrected chi connectivity index (χ4v) is 5.90. The minimum Gasteiger partial charge on any atom is -0.466 e. The van der Waals surface area contributed by atoms with Crippen LogP contribution in [0.2, 0.25) is 0 Å². The Balaban J connectivity index is 1.48. The Bertz CT molecular complexity index is 1240. The van der Waals surface area contributed by atoms with Crippen molar-refractivity contribution in [1.82, 2.24) is 0 Å². The Hall–Kier alpha value is -2.99. The number of rotatable bonds is 3. The quantitative estimate of drug-likeness (QED) is 0.676. The summed E-state index contributed by atoms with van der Waals surface area (Å²) in [5, 5.41) is 0. The highest BCUT2D eigenvalue weighted by Crippen LogP contribution is 2.56. The third kappa shape index (κ3) is 2.56. The molecule has 0 aliphatic carbocycles. The molecular weight excluding hydrogens is 396 g/mol. The number of hydrogen-bond acceptors (Lipinski definition) is 4. The first-order valence-corrected chi connectivity index (χ1v) is 11.5. The van der Waals surface area contributed by atoms with Crippen molar-refractivity contribution in [3.8, 4) is 5.75 Å². The molecule has 0 fully saturated rings. The molecule has 154 valence electrons. The topological polar surface area (TPSA) is 58.6 Å². The molecule has 2 aliphatic heterocycles. The van der Waals surface area contributed by atoms with E-state index in [9.17, 15) is 8.42 Å². The van der Waals surface area contributed by atoms with Gasteiger partial charge in [-0.1, -0.05) is 36.4 Å². The molecule has 5 nitrogen and oxygen atoms in total. The summed E-state index contributed by atoms with van der Waals surface area (Å²) < 4.78 is 34.7. The SMILES string of the molecule is CN1c2ccccc2C(C)(C)[C@@]12Cc1cc(NS(=O)(=O)c3ccccc3)ccc1O2. The maximum atomic E-state index is 12.7. The second kappa shape index (κ2) is 6.25. The first kappa shape index (κ1) is 19.0. The van der Waals surface area contributed by atoms with Gasteiger partial charge in [0.2, 0.25) is 0 Å². The lowest BCUT2D eigenvalue weighted by atomic mass is 9.76. The maximum Gasteiger partial charge on any atom is 0.261 e. The molecule has 2 aliphatic rings. The number of anilines is 2. The number of nitrogens with zero attached hydrogens (tertiary/aromatic N) is 1. The van der Waals surface area contributed by atoms with Crippen molar-refractivity contribution < 1.29 is 13.2 Å². The van der Waals surface area contributed by atoms with Crippen LogP contribution in [0.4, 0.5) is 11.4 Å². The average molecular weight is 421 g/mol. The van der Waals surface area contributed by atoms with Crippen molar-refractivity contribution in [3.63, 3.8) is 0 Å². The van der Waals surface area contributed by atoms with Gasteiger partial charge >= 0.3 is 0 Å². The van der Waals surface area contributed by atoms with Gasteiger partial charge in [-0.3, -0.25) is 4.72 Å². The van der Waals surface area contributed by atoms with E-state index < -0.39 is 15.7 Å². The number of benzene rings is 3. The van der Waals surface area contributed by atoms with Gasteiger partial charge in [0, 0.05) is 30.4 Å². The summed E-state index contributed by atoms with van der Waals surface area (Å²) in [5.41, 5.74) is 3.17. The largest absolute Gasteiger partial charge is 0.466 e. The van der Waals surface area contributed by atoms with Crippen LogP contribution >= 0.6 is 0 Å². The number of para-hydroxylation sites is 1. The monoisotopic (exact) mass is 420 g/mol. The van der Waals surface area contributed by atoms with Crippen molar-refractivity contribution in [2.45, 2.75) is 36.3 Å². The molecule has 0 saturated carbocycles. The molecule has 2 heterocycles. The summed E-state index contributed by atoms with van der Waals surface area (Å²) in [6, 6.07) is 22.3. The van der Waals surface area contributed by atoms with Crippen LogP contribution in [0.1, 0.15) is 25.0 Å². The van der Waals surface area contributed by atoms with Crippen LogP contribution in [0.3, 0.4) is 0 Å². The number of likely N-dealkylation sites (N-methyl/N-ethyl adjacent to an activating group) is 1. The van der Waals surface area contributed by atoms with Crippen LogP contribution in [-0.4, -0.2) is 21.2 Å². The summed E-state index contributed by atoms with van der Waals surface area (Å²) in [5.74, 6) is 0.797. The van der Waals surface area contributed by atoms with Gasteiger partial charge in [0.1, 0.15) is 5.75 Å². The van der Waals surface area contributed by atoms with Crippen LogP contribution in [0, 0.1) is 0 Å². The summed E-state index contributed by atoms with van der Waals surface area (Å²) in [6.07, 6.45) is 0.668. The summed E-state index contributed by atoms with van der Waals surface area (Å²) in [4.78, 5) is 2.46. The third-order valence-corrected chi connectivity index (χ3v) is 7.93. The van der Waals surface area contributed by atoms with Crippen molar-refractivity contribution in [1.29, 1.82) is 0 Å². The Morgan fingerprint density at radius 2 is 1.67 bits per heavy atom. The third-order valence-electron chi connectivity index (χ3n) is 6.53. The molecular formula is C24H24N2O3S. The minimum absolute atomic E-state index is 0.235. The average Bonchev–Trinajstić information content (AvgIpc) is 3.20. The van der Waals surface area contributed by atoms with Crippen LogP contribution in [-0.2, 0) is 21.9 Å². The lowest BCUT2D eigenvalue weighted by molar-refractivity contribution is 0.0350. The van der Waals surface area contributed by atoms with Crippen molar-refractivity contribution in [2.75, 3.05) is 16.7 Å². The zero-order valence-electron chi connectivity index (χ0n) is 17.2. The molecule has 0 bridgehead atoms. The summed E-state index contributed by atoms with van der Waals surface area (Å²) >= 11 is 0. The highest BCUT2D eigenvalue weighted by molar-refractivity contribution is 7.92. The number of nitrogens with one attached hydrogen (secondary N) is 1. The van der Waals surface area contributed by atoms with E-state index in [-0.39, 0.29) is 10.3 Å². The fourth-order valence-electron chi connectivity index (χ4n) is 4.83. The van der Waals surface area contributed by atoms with Crippen molar-refractivity contribution >= 4 is 21.4 Å². The Morgan fingerprint density at radius 3 is 2.40 bits per heavy atom. The van der Waals surface area contributed by atoms with Crippen LogP contribution in [0.15, 0.2) is 77.7 Å². The minimum atomic E-state index is -3.64. The molecule has 3 aromatic rings. The second-order valence-corrected chi connectivity index (χ2v) is 10.2. The molecule has 0 amide bonds. The molecule has 0 aromatic heterocycles. The van der Waals surface area contributed by atoms with E-state index >= 15 is 0 Å². The van der Waals surface area contributed by atoms with E-state index in [0.717, 1.165) is 11.3 Å². The van der Waals surface area contributed by atoms with Gasteiger partial charge in [-0.25, -0.2) is 8.42 Å². The molecule has 1 atom stereocenters.